The first-order valence-corrected chi connectivity index (χ1v) is 4.96. The first kappa shape index (κ1) is 12.1. The van der Waals surface area contributed by atoms with Gasteiger partial charge in [0, 0.05) is 13.5 Å². The van der Waals surface area contributed by atoms with Crippen molar-refractivity contribution in [3.05, 3.63) is 35.6 Å². The molecule has 1 aromatic rings. The van der Waals surface area contributed by atoms with E-state index in [-0.39, 0.29) is 18.3 Å². The van der Waals surface area contributed by atoms with Gasteiger partial charge in [0.15, 0.2) is 0 Å². The molecule has 0 aliphatic heterocycles. The van der Waals surface area contributed by atoms with E-state index in [0.29, 0.717) is 5.56 Å². The van der Waals surface area contributed by atoms with Crippen molar-refractivity contribution in [3.63, 3.8) is 0 Å². The fourth-order valence-corrected chi connectivity index (χ4v) is 1.42. The zero-order valence-corrected chi connectivity index (χ0v) is 9.33. The van der Waals surface area contributed by atoms with Gasteiger partial charge in [0.25, 0.3) is 0 Å². The molecule has 15 heavy (non-hydrogen) atoms. The Kier molecular flexibility index (Phi) is 3.83. The number of methoxy groups -OCH3 is 1. The van der Waals surface area contributed by atoms with Gasteiger partial charge < -0.3 is 9.84 Å². The van der Waals surface area contributed by atoms with Crippen LogP contribution in [0.15, 0.2) is 24.3 Å². The molecule has 1 aromatic carbocycles. The third-order valence-electron chi connectivity index (χ3n) is 2.74. The molecule has 3 heteroatoms. The summed E-state index contributed by atoms with van der Waals surface area (Å²) in [5, 5.41) is 10.1. The molecule has 2 unspecified atom stereocenters. The van der Waals surface area contributed by atoms with E-state index in [9.17, 15) is 9.50 Å². The van der Waals surface area contributed by atoms with E-state index in [0.717, 1.165) is 0 Å². The second kappa shape index (κ2) is 4.73. The molecule has 0 aliphatic rings. The van der Waals surface area contributed by atoms with Crippen LogP contribution >= 0.6 is 0 Å². The number of halogens is 1. The van der Waals surface area contributed by atoms with Crippen LogP contribution in [0.1, 0.15) is 19.4 Å². The molecule has 0 aliphatic carbocycles. The lowest BCUT2D eigenvalue weighted by molar-refractivity contribution is -0.0719. The van der Waals surface area contributed by atoms with Gasteiger partial charge in [-0.3, -0.25) is 0 Å². The molecule has 0 amide bonds. The van der Waals surface area contributed by atoms with Crippen molar-refractivity contribution in [2.75, 3.05) is 7.11 Å². The Labute approximate surface area is 89.7 Å². The van der Waals surface area contributed by atoms with Crippen molar-refractivity contribution in [3.8, 4) is 0 Å². The highest BCUT2D eigenvalue weighted by Crippen LogP contribution is 2.20. The molecule has 0 aromatic heterocycles. The van der Waals surface area contributed by atoms with Crippen LogP contribution in [0.25, 0.3) is 0 Å². The summed E-state index contributed by atoms with van der Waals surface area (Å²) in [5.41, 5.74) is -0.553. The topological polar surface area (TPSA) is 29.5 Å². The van der Waals surface area contributed by atoms with Crippen molar-refractivity contribution in [1.82, 2.24) is 0 Å². The Bertz CT molecular complexity index is 323. The van der Waals surface area contributed by atoms with Crippen molar-refractivity contribution in [1.29, 1.82) is 0 Å². The third kappa shape index (κ3) is 3.01. The van der Waals surface area contributed by atoms with E-state index in [1.165, 1.54) is 13.2 Å². The molecule has 1 N–H and O–H groups in total. The summed E-state index contributed by atoms with van der Waals surface area (Å²) in [4.78, 5) is 0. The maximum Gasteiger partial charge on any atom is 0.126 e. The summed E-state index contributed by atoms with van der Waals surface area (Å²) in [6, 6.07) is 6.45. The normalized spacial score (nSPS) is 17.1. The quantitative estimate of drug-likeness (QED) is 0.828. The van der Waals surface area contributed by atoms with Gasteiger partial charge >= 0.3 is 0 Å². The highest BCUT2D eigenvalue weighted by atomic mass is 19.1. The Hall–Kier alpha value is -0.930. The van der Waals surface area contributed by atoms with E-state index in [1.54, 1.807) is 32.0 Å². The van der Waals surface area contributed by atoms with E-state index < -0.39 is 5.60 Å². The number of aliphatic hydroxyl groups is 1. The Morgan fingerprint density at radius 2 is 2.07 bits per heavy atom. The predicted molar refractivity (Wildman–Crippen MR) is 57.2 cm³/mol. The van der Waals surface area contributed by atoms with Gasteiger partial charge in [-0.2, -0.15) is 0 Å². The Morgan fingerprint density at radius 1 is 1.47 bits per heavy atom. The van der Waals surface area contributed by atoms with Crippen LogP contribution in [0.3, 0.4) is 0 Å². The fourth-order valence-electron chi connectivity index (χ4n) is 1.42. The van der Waals surface area contributed by atoms with Gasteiger partial charge in [0.05, 0.1) is 11.7 Å². The zero-order chi connectivity index (χ0) is 11.5. The van der Waals surface area contributed by atoms with Crippen LogP contribution in [-0.2, 0) is 11.2 Å². The molecule has 0 bridgehead atoms. The average Bonchev–Trinajstić information content (AvgIpc) is 2.20. The molecule has 0 saturated heterocycles. The summed E-state index contributed by atoms with van der Waals surface area (Å²) in [5.74, 6) is -0.291. The van der Waals surface area contributed by atoms with Gasteiger partial charge in [-0.1, -0.05) is 18.2 Å². The van der Waals surface area contributed by atoms with E-state index >= 15 is 0 Å². The standard InChI is InChI=1S/C12H17FO2/c1-9(15-3)12(2,14)8-10-6-4-5-7-11(10)13/h4-7,9,14H,8H2,1-3H3. The van der Waals surface area contributed by atoms with Crippen LogP contribution in [0, 0.1) is 5.82 Å². The lowest BCUT2D eigenvalue weighted by Crippen LogP contribution is -2.40. The van der Waals surface area contributed by atoms with Crippen molar-refractivity contribution in [2.45, 2.75) is 32.0 Å². The van der Waals surface area contributed by atoms with Crippen LogP contribution in [-0.4, -0.2) is 23.9 Å². The number of benzene rings is 1. The minimum atomic E-state index is -1.06. The van der Waals surface area contributed by atoms with Crippen molar-refractivity contribution in [2.24, 2.45) is 0 Å². The second-order valence-electron chi connectivity index (χ2n) is 4.00. The van der Waals surface area contributed by atoms with Crippen molar-refractivity contribution >= 4 is 0 Å². The molecule has 2 nitrogen and oxygen atoms in total. The van der Waals surface area contributed by atoms with Gasteiger partial charge in [0.2, 0.25) is 0 Å². The Balaban J connectivity index is 2.81. The minimum Gasteiger partial charge on any atom is -0.387 e. The number of hydrogen-bond donors (Lipinski definition) is 1. The molecule has 1 rings (SSSR count). The minimum absolute atomic E-state index is 0.245. The third-order valence-corrected chi connectivity index (χ3v) is 2.74. The molecular weight excluding hydrogens is 195 g/mol. The molecule has 0 saturated carbocycles. The summed E-state index contributed by atoms with van der Waals surface area (Å²) >= 11 is 0. The van der Waals surface area contributed by atoms with Gasteiger partial charge in [-0.25, -0.2) is 4.39 Å². The first-order valence-electron chi connectivity index (χ1n) is 4.96. The largest absolute Gasteiger partial charge is 0.387 e. The number of rotatable bonds is 4. The van der Waals surface area contributed by atoms with Crippen LogP contribution < -0.4 is 0 Å². The molecule has 84 valence electrons. The highest BCUT2D eigenvalue weighted by molar-refractivity contribution is 5.19. The molecule has 0 radical (unpaired) electrons. The molecule has 0 spiro atoms. The maximum absolute atomic E-state index is 13.3. The monoisotopic (exact) mass is 212 g/mol. The zero-order valence-electron chi connectivity index (χ0n) is 9.33. The second-order valence-corrected chi connectivity index (χ2v) is 4.00. The lowest BCUT2D eigenvalue weighted by atomic mass is 9.91. The van der Waals surface area contributed by atoms with Gasteiger partial charge in [-0.15, -0.1) is 0 Å². The average molecular weight is 212 g/mol. The molecular formula is C12H17FO2. The van der Waals surface area contributed by atoms with Gasteiger partial charge in [0.1, 0.15) is 5.82 Å². The molecule has 0 fully saturated rings. The van der Waals surface area contributed by atoms with E-state index in [4.69, 9.17) is 4.74 Å². The summed E-state index contributed by atoms with van der Waals surface area (Å²) in [6.45, 7) is 3.41. The smallest absolute Gasteiger partial charge is 0.126 e. The summed E-state index contributed by atoms with van der Waals surface area (Å²) in [7, 11) is 1.53. The SMILES string of the molecule is COC(C)C(C)(O)Cc1ccccc1F. The first-order chi connectivity index (χ1) is 6.97. The number of hydrogen-bond acceptors (Lipinski definition) is 2. The fraction of sp³-hybridized carbons (Fsp3) is 0.500. The van der Waals surface area contributed by atoms with Crippen LogP contribution in [0.2, 0.25) is 0 Å². The summed E-state index contributed by atoms with van der Waals surface area (Å²) in [6.07, 6.45) is -0.0913. The highest BCUT2D eigenvalue weighted by Gasteiger charge is 2.29. The van der Waals surface area contributed by atoms with Gasteiger partial charge in [-0.05, 0) is 25.5 Å². The molecule has 0 heterocycles. The van der Waals surface area contributed by atoms with Crippen LogP contribution in [0.4, 0.5) is 4.39 Å². The van der Waals surface area contributed by atoms with Crippen molar-refractivity contribution < 1.29 is 14.2 Å². The van der Waals surface area contributed by atoms with E-state index in [2.05, 4.69) is 0 Å². The molecule has 2 atom stereocenters. The predicted octanol–water partition coefficient (Wildman–Crippen LogP) is 2.15. The van der Waals surface area contributed by atoms with Crippen LogP contribution in [0.5, 0.6) is 0 Å². The Morgan fingerprint density at radius 3 is 2.60 bits per heavy atom. The lowest BCUT2D eigenvalue weighted by Gasteiger charge is -2.29. The summed E-state index contributed by atoms with van der Waals surface area (Å²) < 4.78 is 18.4. The maximum atomic E-state index is 13.3. The van der Waals surface area contributed by atoms with E-state index in [1.807, 2.05) is 0 Å². The number of ether oxygens (including phenoxy) is 1.